The van der Waals surface area contributed by atoms with Gasteiger partial charge >= 0.3 is 5.97 Å². The first-order chi connectivity index (χ1) is 10.6. The summed E-state index contributed by atoms with van der Waals surface area (Å²) in [7, 11) is 1.37. The van der Waals surface area contributed by atoms with Gasteiger partial charge in [0.25, 0.3) is 0 Å². The van der Waals surface area contributed by atoms with Crippen LogP contribution in [0.1, 0.15) is 16.1 Å². The van der Waals surface area contributed by atoms with Crippen molar-refractivity contribution in [2.45, 2.75) is 13.8 Å². The molecule has 0 N–H and O–H groups in total. The number of rotatable bonds is 3. The first-order valence-corrected chi connectivity index (χ1v) is 7.72. The van der Waals surface area contributed by atoms with E-state index in [4.69, 9.17) is 0 Å². The van der Waals surface area contributed by atoms with Gasteiger partial charge in [0.2, 0.25) is 0 Å². The van der Waals surface area contributed by atoms with Gasteiger partial charge in [-0.05, 0) is 43.7 Å². The average Bonchev–Trinajstić information content (AvgIpc) is 3.10. The smallest absolute Gasteiger partial charge is 0.330 e. The number of hydrogen-bond donors (Lipinski definition) is 0. The Morgan fingerprint density at radius 3 is 2.73 bits per heavy atom. The van der Waals surface area contributed by atoms with Crippen molar-refractivity contribution in [3.63, 3.8) is 0 Å². The number of ether oxygens (including phenoxy) is 1. The second-order valence-corrected chi connectivity index (χ2v) is 6.05. The summed E-state index contributed by atoms with van der Waals surface area (Å²) in [4.78, 5) is 18.0. The van der Waals surface area contributed by atoms with E-state index in [2.05, 4.69) is 27.3 Å². The Hall–Kier alpha value is -2.40. The van der Waals surface area contributed by atoms with Crippen LogP contribution >= 0.6 is 11.3 Å². The fourth-order valence-electron chi connectivity index (χ4n) is 2.50. The largest absolute Gasteiger partial charge is 0.466 e. The fourth-order valence-corrected chi connectivity index (χ4v) is 3.70. The summed E-state index contributed by atoms with van der Waals surface area (Å²) in [5.41, 5.74) is 3.23. The molecule has 0 spiro atoms. The van der Waals surface area contributed by atoms with E-state index in [1.165, 1.54) is 18.7 Å². The standard InChI is InChI=1S/C17H16N2O2S/c1-11-10-12(2)18-17-15(11)16(19-8-4-5-9-19)13(22-17)6-7-14(20)21-3/h4-10H,1-3H3. The van der Waals surface area contributed by atoms with Gasteiger partial charge < -0.3 is 9.30 Å². The molecule has 0 unspecified atom stereocenters. The molecule has 0 saturated heterocycles. The maximum atomic E-state index is 11.4. The maximum absolute atomic E-state index is 11.4. The molecular weight excluding hydrogens is 296 g/mol. The highest BCUT2D eigenvalue weighted by atomic mass is 32.1. The number of methoxy groups -OCH3 is 1. The van der Waals surface area contributed by atoms with Crippen molar-refractivity contribution >= 4 is 33.6 Å². The molecule has 3 aromatic rings. The second kappa shape index (κ2) is 5.77. The quantitative estimate of drug-likeness (QED) is 0.544. The van der Waals surface area contributed by atoms with Gasteiger partial charge in [0.1, 0.15) is 4.83 Å². The van der Waals surface area contributed by atoms with Crippen LogP contribution in [0.5, 0.6) is 0 Å². The lowest BCUT2D eigenvalue weighted by atomic mass is 10.1. The molecule has 0 fully saturated rings. The Balaban J connectivity index is 2.27. The summed E-state index contributed by atoms with van der Waals surface area (Å²) in [5.74, 6) is -0.364. The van der Waals surface area contributed by atoms with Crippen LogP contribution in [0.3, 0.4) is 0 Å². The van der Waals surface area contributed by atoms with Gasteiger partial charge in [-0.3, -0.25) is 0 Å². The number of aryl methyl sites for hydroxylation is 2. The van der Waals surface area contributed by atoms with E-state index >= 15 is 0 Å². The summed E-state index contributed by atoms with van der Waals surface area (Å²) >= 11 is 1.58. The number of esters is 1. The van der Waals surface area contributed by atoms with E-state index in [0.29, 0.717) is 0 Å². The van der Waals surface area contributed by atoms with E-state index in [0.717, 1.165) is 26.5 Å². The van der Waals surface area contributed by atoms with Crippen molar-refractivity contribution in [2.75, 3.05) is 7.11 Å². The molecule has 0 bridgehead atoms. The third kappa shape index (κ3) is 2.55. The van der Waals surface area contributed by atoms with Gasteiger partial charge in [0.15, 0.2) is 0 Å². The zero-order valence-electron chi connectivity index (χ0n) is 12.7. The highest BCUT2D eigenvalue weighted by Crippen LogP contribution is 2.36. The second-order valence-electron chi connectivity index (χ2n) is 5.02. The Morgan fingerprint density at radius 2 is 2.05 bits per heavy atom. The summed E-state index contributed by atoms with van der Waals surface area (Å²) in [6.07, 6.45) is 7.23. The number of hydrogen-bond acceptors (Lipinski definition) is 4. The fraction of sp³-hybridized carbons (Fsp3) is 0.176. The van der Waals surface area contributed by atoms with E-state index in [-0.39, 0.29) is 5.97 Å². The Labute approximate surface area is 132 Å². The number of aromatic nitrogens is 2. The molecule has 112 valence electrons. The minimum Gasteiger partial charge on any atom is -0.466 e. The van der Waals surface area contributed by atoms with Gasteiger partial charge in [-0.25, -0.2) is 9.78 Å². The van der Waals surface area contributed by atoms with Crippen molar-refractivity contribution in [2.24, 2.45) is 0 Å². The molecule has 0 aromatic carbocycles. The predicted octanol–water partition coefficient (Wildman–Crippen LogP) is 3.89. The SMILES string of the molecule is COC(=O)C=Cc1sc2nc(C)cc(C)c2c1-n1cccc1. The maximum Gasteiger partial charge on any atom is 0.330 e. The topological polar surface area (TPSA) is 44.1 Å². The lowest BCUT2D eigenvalue weighted by Crippen LogP contribution is -1.95. The minimum absolute atomic E-state index is 0.364. The zero-order chi connectivity index (χ0) is 15.7. The molecule has 3 heterocycles. The predicted molar refractivity (Wildman–Crippen MR) is 89.5 cm³/mol. The van der Waals surface area contributed by atoms with Crippen LogP contribution in [0.4, 0.5) is 0 Å². The van der Waals surface area contributed by atoms with Crippen molar-refractivity contribution in [3.8, 4) is 5.69 Å². The molecule has 3 aromatic heterocycles. The molecule has 4 nitrogen and oxygen atoms in total. The van der Waals surface area contributed by atoms with Crippen LogP contribution in [-0.4, -0.2) is 22.6 Å². The van der Waals surface area contributed by atoms with Crippen LogP contribution in [0.15, 0.2) is 36.7 Å². The molecule has 3 rings (SSSR count). The normalized spacial score (nSPS) is 11.4. The molecule has 0 amide bonds. The number of carbonyl (C=O) groups excluding carboxylic acids is 1. The van der Waals surface area contributed by atoms with Crippen molar-refractivity contribution in [1.29, 1.82) is 0 Å². The van der Waals surface area contributed by atoms with E-state index < -0.39 is 0 Å². The van der Waals surface area contributed by atoms with Crippen LogP contribution in [0, 0.1) is 13.8 Å². The Bertz CT molecular complexity index is 861. The summed E-state index contributed by atoms with van der Waals surface area (Å²) in [6.45, 7) is 4.08. The van der Waals surface area contributed by atoms with Crippen LogP contribution in [0.2, 0.25) is 0 Å². The summed E-state index contributed by atoms with van der Waals surface area (Å²) < 4.78 is 6.73. The van der Waals surface area contributed by atoms with Gasteiger partial charge in [0.05, 0.1) is 17.7 Å². The van der Waals surface area contributed by atoms with Crippen LogP contribution < -0.4 is 0 Å². The molecular formula is C17H16N2O2S. The molecule has 0 atom stereocenters. The number of nitrogens with zero attached hydrogens (tertiary/aromatic N) is 2. The Morgan fingerprint density at radius 1 is 1.32 bits per heavy atom. The highest BCUT2D eigenvalue weighted by molar-refractivity contribution is 7.20. The molecule has 0 aliphatic rings. The highest BCUT2D eigenvalue weighted by Gasteiger charge is 2.15. The molecule has 0 radical (unpaired) electrons. The first kappa shape index (κ1) is 14.5. The lowest BCUT2D eigenvalue weighted by Gasteiger charge is -2.06. The van der Waals surface area contributed by atoms with Crippen molar-refractivity contribution in [3.05, 3.63) is 52.8 Å². The molecule has 0 saturated carbocycles. The minimum atomic E-state index is -0.364. The van der Waals surface area contributed by atoms with E-state index in [1.54, 1.807) is 17.4 Å². The molecule has 5 heteroatoms. The number of carbonyl (C=O) groups is 1. The van der Waals surface area contributed by atoms with Gasteiger partial charge in [0, 0.05) is 29.5 Å². The van der Waals surface area contributed by atoms with E-state index in [9.17, 15) is 4.79 Å². The van der Waals surface area contributed by atoms with E-state index in [1.807, 2.05) is 31.5 Å². The zero-order valence-corrected chi connectivity index (χ0v) is 13.5. The van der Waals surface area contributed by atoms with Crippen LogP contribution in [0.25, 0.3) is 22.0 Å². The van der Waals surface area contributed by atoms with Gasteiger partial charge in [-0.15, -0.1) is 11.3 Å². The van der Waals surface area contributed by atoms with Crippen molar-refractivity contribution in [1.82, 2.24) is 9.55 Å². The van der Waals surface area contributed by atoms with Gasteiger partial charge in [-0.1, -0.05) is 0 Å². The molecule has 0 aliphatic carbocycles. The lowest BCUT2D eigenvalue weighted by molar-refractivity contribution is -0.134. The number of fused-ring (bicyclic) bond motifs is 1. The molecule has 22 heavy (non-hydrogen) atoms. The van der Waals surface area contributed by atoms with Gasteiger partial charge in [-0.2, -0.15) is 0 Å². The monoisotopic (exact) mass is 312 g/mol. The summed E-state index contributed by atoms with van der Waals surface area (Å²) in [6, 6.07) is 6.04. The van der Waals surface area contributed by atoms with Crippen molar-refractivity contribution < 1.29 is 9.53 Å². The summed E-state index contributed by atoms with van der Waals surface area (Å²) in [5, 5.41) is 1.12. The number of pyridine rings is 1. The Kier molecular flexibility index (Phi) is 3.81. The first-order valence-electron chi connectivity index (χ1n) is 6.90. The molecule has 0 aliphatic heterocycles. The van der Waals surface area contributed by atoms with Crippen LogP contribution in [-0.2, 0) is 9.53 Å². The third-order valence-electron chi connectivity index (χ3n) is 3.42. The number of thiophene rings is 1. The average molecular weight is 312 g/mol. The third-order valence-corrected chi connectivity index (χ3v) is 4.46.